The first-order valence-corrected chi connectivity index (χ1v) is 8.72. The highest BCUT2D eigenvalue weighted by molar-refractivity contribution is 7.13. The lowest BCUT2D eigenvalue weighted by Gasteiger charge is -2.15. The lowest BCUT2D eigenvalue weighted by atomic mass is 10.3. The van der Waals surface area contributed by atoms with Crippen molar-refractivity contribution in [2.75, 3.05) is 18.9 Å². The summed E-state index contributed by atoms with van der Waals surface area (Å²) < 4.78 is 4.88. The minimum atomic E-state index is -0.346. The summed E-state index contributed by atoms with van der Waals surface area (Å²) in [6, 6.07) is 7.19. The number of aromatic nitrogens is 3. The van der Waals surface area contributed by atoms with Gasteiger partial charge in [0.2, 0.25) is 11.8 Å². The number of hydrogen-bond donors (Lipinski definition) is 1. The van der Waals surface area contributed by atoms with E-state index >= 15 is 0 Å². The number of carbonyl (C=O) groups excluding carboxylic acids is 2. The molecule has 134 valence electrons. The molecule has 3 rings (SSSR count). The molecular formula is C17H17N5O3S. The fraction of sp³-hybridized carbons (Fsp3) is 0.235. The molecule has 0 atom stereocenters. The molecule has 1 N–H and O–H groups in total. The first kappa shape index (κ1) is 17.7. The number of nitrogens with one attached hydrogen (secondary N) is 1. The Morgan fingerprint density at radius 2 is 2.19 bits per heavy atom. The summed E-state index contributed by atoms with van der Waals surface area (Å²) in [7, 11) is 1.57. The van der Waals surface area contributed by atoms with E-state index in [-0.39, 0.29) is 24.8 Å². The Kier molecular flexibility index (Phi) is 5.37. The highest BCUT2D eigenvalue weighted by Gasteiger charge is 2.16. The third-order valence-electron chi connectivity index (χ3n) is 3.47. The number of aryl methyl sites for hydroxylation is 1. The Morgan fingerprint density at radius 1 is 1.35 bits per heavy atom. The smallest absolute Gasteiger partial charge is 0.245 e. The van der Waals surface area contributed by atoms with Crippen LogP contribution in [0.25, 0.3) is 10.7 Å². The Morgan fingerprint density at radius 3 is 2.88 bits per heavy atom. The summed E-state index contributed by atoms with van der Waals surface area (Å²) in [6.07, 6.45) is 1.82. The van der Waals surface area contributed by atoms with Crippen LogP contribution < -0.4 is 5.32 Å². The predicted octanol–water partition coefficient (Wildman–Crippen LogP) is 2.14. The van der Waals surface area contributed by atoms with Gasteiger partial charge in [0.05, 0.1) is 24.4 Å². The second kappa shape index (κ2) is 7.87. The fourth-order valence-corrected chi connectivity index (χ4v) is 2.99. The maximum Gasteiger partial charge on any atom is 0.245 e. The van der Waals surface area contributed by atoms with Crippen LogP contribution in [0.15, 0.2) is 40.4 Å². The topological polar surface area (TPSA) is 101 Å². The van der Waals surface area contributed by atoms with Crippen molar-refractivity contribution in [2.45, 2.75) is 13.3 Å². The van der Waals surface area contributed by atoms with Crippen LogP contribution in [0.3, 0.4) is 0 Å². The molecule has 9 heteroatoms. The molecule has 3 aromatic heterocycles. The van der Waals surface area contributed by atoms with E-state index in [0.717, 1.165) is 10.7 Å². The zero-order valence-electron chi connectivity index (χ0n) is 14.3. The van der Waals surface area contributed by atoms with E-state index in [1.54, 1.807) is 26.2 Å². The van der Waals surface area contributed by atoms with Gasteiger partial charge < -0.3 is 14.7 Å². The van der Waals surface area contributed by atoms with E-state index in [1.807, 2.05) is 23.6 Å². The molecule has 0 radical (unpaired) electrons. The first-order chi connectivity index (χ1) is 12.5. The number of hydrogen-bond acceptors (Lipinski definition) is 7. The Balaban J connectivity index is 1.54. The Labute approximate surface area is 153 Å². The van der Waals surface area contributed by atoms with Crippen molar-refractivity contribution < 1.29 is 14.1 Å². The van der Waals surface area contributed by atoms with Crippen molar-refractivity contribution in [3.05, 3.63) is 47.3 Å². The van der Waals surface area contributed by atoms with Gasteiger partial charge >= 0.3 is 0 Å². The Hall–Kier alpha value is -3.07. The van der Waals surface area contributed by atoms with Gasteiger partial charge in [-0.1, -0.05) is 11.2 Å². The standard InChI is InChI=1S/C17H17N5O3S/c1-11-7-14(21-25-11)20-15(23)9-22(2)16(24)8-12-10-26-17(19-12)13-5-3-4-6-18-13/h3-7,10H,8-9H2,1-2H3,(H,20,21,23). The Bertz CT molecular complexity index is 906. The van der Waals surface area contributed by atoms with Gasteiger partial charge in [0.15, 0.2) is 5.82 Å². The van der Waals surface area contributed by atoms with Crippen LogP contribution in [0.2, 0.25) is 0 Å². The van der Waals surface area contributed by atoms with Gasteiger partial charge in [-0.15, -0.1) is 11.3 Å². The number of amides is 2. The van der Waals surface area contributed by atoms with E-state index in [1.165, 1.54) is 16.2 Å². The summed E-state index contributed by atoms with van der Waals surface area (Å²) in [5, 5.41) is 8.85. The average molecular weight is 371 g/mol. The van der Waals surface area contributed by atoms with E-state index in [2.05, 4.69) is 20.4 Å². The van der Waals surface area contributed by atoms with Crippen LogP contribution in [0.5, 0.6) is 0 Å². The van der Waals surface area contributed by atoms with E-state index < -0.39 is 0 Å². The van der Waals surface area contributed by atoms with Crippen LogP contribution in [0, 0.1) is 6.92 Å². The average Bonchev–Trinajstić information content (AvgIpc) is 3.24. The summed E-state index contributed by atoms with van der Waals surface area (Å²) in [5.74, 6) is 0.376. The largest absolute Gasteiger partial charge is 0.360 e. The number of anilines is 1. The monoisotopic (exact) mass is 371 g/mol. The minimum Gasteiger partial charge on any atom is -0.360 e. The molecule has 0 saturated carbocycles. The SMILES string of the molecule is Cc1cc(NC(=O)CN(C)C(=O)Cc2csc(-c3ccccn3)n2)no1. The van der Waals surface area contributed by atoms with Gasteiger partial charge in [-0.2, -0.15) is 0 Å². The van der Waals surface area contributed by atoms with Gasteiger partial charge in [0.1, 0.15) is 10.8 Å². The second-order valence-electron chi connectivity index (χ2n) is 5.66. The van der Waals surface area contributed by atoms with Crippen LogP contribution in [-0.2, 0) is 16.0 Å². The molecule has 0 aliphatic carbocycles. The van der Waals surface area contributed by atoms with Crippen molar-refractivity contribution in [3.8, 4) is 10.7 Å². The number of carbonyl (C=O) groups is 2. The molecule has 0 bridgehead atoms. The van der Waals surface area contributed by atoms with Gasteiger partial charge in [-0.05, 0) is 19.1 Å². The molecule has 3 heterocycles. The lowest BCUT2D eigenvalue weighted by molar-refractivity contribution is -0.132. The summed E-state index contributed by atoms with van der Waals surface area (Å²) in [4.78, 5) is 34.3. The quantitative estimate of drug-likeness (QED) is 0.712. The zero-order chi connectivity index (χ0) is 18.5. The molecule has 26 heavy (non-hydrogen) atoms. The van der Waals surface area contributed by atoms with Crippen molar-refractivity contribution in [3.63, 3.8) is 0 Å². The van der Waals surface area contributed by atoms with E-state index in [4.69, 9.17) is 4.52 Å². The van der Waals surface area contributed by atoms with Gasteiger partial charge in [-0.3, -0.25) is 14.6 Å². The molecule has 8 nitrogen and oxygen atoms in total. The molecule has 0 aromatic carbocycles. The number of rotatable bonds is 6. The third kappa shape index (κ3) is 4.51. The van der Waals surface area contributed by atoms with Crippen LogP contribution in [0.4, 0.5) is 5.82 Å². The fourth-order valence-electron chi connectivity index (χ4n) is 2.20. The van der Waals surface area contributed by atoms with Crippen molar-refractivity contribution in [1.82, 2.24) is 20.0 Å². The molecule has 0 aliphatic rings. The van der Waals surface area contributed by atoms with Crippen LogP contribution >= 0.6 is 11.3 Å². The van der Waals surface area contributed by atoms with E-state index in [9.17, 15) is 9.59 Å². The van der Waals surface area contributed by atoms with Crippen molar-refractivity contribution in [1.29, 1.82) is 0 Å². The normalized spacial score (nSPS) is 10.5. The summed E-state index contributed by atoms with van der Waals surface area (Å²) in [5.41, 5.74) is 1.42. The number of likely N-dealkylation sites (N-methyl/N-ethyl adjacent to an activating group) is 1. The second-order valence-corrected chi connectivity index (χ2v) is 6.51. The molecule has 3 aromatic rings. The third-order valence-corrected chi connectivity index (χ3v) is 4.38. The maximum absolute atomic E-state index is 12.3. The van der Waals surface area contributed by atoms with Crippen LogP contribution in [-0.4, -0.2) is 45.4 Å². The van der Waals surface area contributed by atoms with Crippen molar-refractivity contribution >= 4 is 29.0 Å². The highest BCUT2D eigenvalue weighted by Crippen LogP contribution is 2.21. The number of thiazole rings is 1. The first-order valence-electron chi connectivity index (χ1n) is 7.84. The molecule has 0 aliphatic heterocycles. The lowest BCUT2D eigenvalue weighted by Crippen LogP contribution is -2.35. The van der Waals surface area contributed by atoms with Gasteiger partial charge in [0, 0.05) is 24.7 Å². The molecule has 0 fully saturated rings. The molecule has 2 amide bonds. The number of pyridine rings is 1. The molecular weight excluding hydrogens is 354 g/mol. The summed E-state index contributed by atoms with van der Waals surface area (Å²) in [6.45, 7) is 1.65. The summed E-state index contributed by atoms with van der Waals surface area (Å²) >= 11 is 1.43. The maximum atomic E-state index is 12.3. The molecule has 0 spiro atoms. The number of nitrogens with zero attached hydrogens (tertiary/aromatic N) is 4. The molecule has 0 saturated heterocycles. The van der Waals surface area contributed by atoms with E-state index in [0.29, 0.717) is 17.3 Å². The zero-order valence-corrected chi connectivity index (χ0v) is 15.1. The highest BCUT2D eigenvalue weighted by atomic mass is 32.1. The minimum absolute atomic E-state index is 0.0814. The van der Waals surface area contributed by atoms with Gasteiger partial charge in [0.25, 0.3) is 0 Å². The predicted molar refractivity (Wildman–Crippen MR) is 96.6 cm³/mol. The van der Waals surface area contributed by atoms with Gasteiger partial charge in [-0.25, -0.2) is 4.98 Å². The van der Waals surface area contributed by atoms with Crippen molar-refractivity contribution in [2.24, 2.45) is 0 Å². The molecule has 0 unspecified atom stereocenters. The van der Waals surface area contributed by atoms with Crippen LogP contribution in [0.1, 0.15) is 11.5 Å².